The summed E-state index contributed by atoms with van der Waals surface area (Å²) in [7, 11) is 0. The van der Waals surface area contributed by atoms with Crippen LogP contribution in [0.3, 0.4) is 0 Å². The van der Waals surface area contributed by atoms with Crippen molar-refractivity contribution in [2.24, 2.45) is 0 Å². The molecule has 8 nitrogen and oxygen atoms in total. The van der Waals surface area contributed by atoms with Crippen LogP contribution in [0.5, 0.6) is 0 Å². The number of nitrogens with zero attached hydrogens (tertiary/aromatic N) is 8. The fraction of sp³-hybridized carbons (Fsp3) is 0. The number of hydrogen-bond donors (Lipinski definition) is 0. The van der Waals surface area contributed by atoms with Gasteiger partial charge in [0.1, 0.15) is 10.3 Å². The first-order valence-electron chi connectivity index (χ1n) is 21.6. The van der Waals surface area contributed by atoms with E-state index in [1.54, 1.807) is 11.3 Å². The topological polar surface area (TPSA) is 67.9 Å². The second-order valence-electron chi connectivity index (χ2n) is 16.0. The van der Waals surface area contributed by atoms with Crippen LogP contribution in [-0.2, 0) is 0 Å². The molecule has 306 valence electrons. The number of fused-ring (bicyclic) bond motifs is 9. The fourth-order valence-corrected chi connectivity index (χ4v) is 10.4. The number of benzene rings is 8. The Bertz CT molecular complexity index is 3650. The molecule has 0 unspecified atom stereocenters. The van der Waals surface area contributed by atoms with Gasteiger partial charge in [0.2, 0.25) is 5.95 Å². The Morgan fingerprint density at radius 3 is 1.43 bits per heavy atom. The Morgan fingerprint density at radius 2 is 0.862 bits per heavy atom. The van der Waals surface area contributed by atoms with E-state index in [9.17, 15) is 0 Å². The summed E-state index contributed by atoms with van der Waals surface area (Å²) in [5, 5.41) is 15.4. The molecule has 0 N–H and O–H groups in total. The van der Waals surface area contributed by atoms with Crippen molar-refractivity contribution < 1.29 is 0 Å². The molecular weight excluding hydrogens is 817 g/mol. The first-order valence-corrected chi connectivity index (χ1v) is 22.4. The van der Waals surface area contributed by atoms with E-state index in [0.29, 0.717) is 11.8 Å². The van der Waals surface area contributed by atoms with E-state index in [2.05, 4.69) is 219 Å². The highest BCUT2D eigenvalue weighted by Crippen LogP contribution is 2.43. The standard InChI is InChI=1S/C56H36N8S/c1-5-17-37(18-6-1)61(41-29-31-50-45(33-41)43-25-13-15-27-48(43)63(50)39-21-9-3-10-22-39)53-35-52-54(60-59-53)47-36-57-56(58-55(47)65-52)62(38-19-7-2-8-20-38)42-30-32-51-46(34-42)44-26-14-16-28-49(44)64(51)40-23-11-4-12-24-40/h1-36H. The largest absolute Gasteiger partial charge is 0.309 e. The van der Waals surface area contributed by atoms with E-state index in [0.717, 1.165) is 87.4 Å². The van der Waals surface area contributed by atoms with E-state index >= 15 is 0 Å². The van der Waals surface area contributed by atoms with Gasteiger partial charge >= 0.3 is 0 Å². The van der Waals surface area contributed by atoms with Crippen molar-refractivity contribution in [2.45, 2.75) is 0 Å². The predicted molar refractivity (Wildman–Crippen MR) is 269 cm³/mol. The minimum absolute atomic E-state index is 0.573. The van der Waals surface area contributed by atoms with Crippen molar-refractivity contribution in [1.82, 2.24) is 29.3 Å². The van der Waals surface area contributed by atoms with Gasteiger partial charge in [0.25, 0.3) is 0 Å². The van der Waals surface area contributed by atoms with E-state index in [1.165, 1.54) is 10.8 Å². The van der Waals surface area contributed by atoms with Crippen LogP contribution < -0.4 is 9.80 Å². The van der Waals surface area contributed by atoms with Crippen LogP contribution in [0, 0.1) is 0 Å². The molecule has 0 saturated carbocycles. The lowest BCUT2D eigenvalue weighted by molar-refractivity contribution is 1.04. The zero-order valence-corrected chi connectivity index (χ0v) is 35.6. The van der Waals surface area contributed by atoms with Gasteiger partial charge in [-0.15, -0.1) is 21.5 Å². The molecule has 0 aliphatic carbocycles. The molecule has 8 aromatic carbocycles. The van der Waals surface area contributed by atoms with E-state index in [-0.39, 0.29) is 0 Å². The smallest absolute Gasteiger partial charge is 0.235 e. The molecule has 0 bridgehead atoms. The van der Waals surface area contributed by atoms with Crippen LogP contribution in [0.25, 0.3) is 75.4 Å². The Kier molecular flexibility index (Phi) is 8.53. The van der Waals surface area contributed by atoms with Crippen LogP contribution in [0.4, 0.5) is 34.5 Å². The molecule has 0 amide bonds. The van der Waals surface area contributed by atoms with Gasteiger partial charge in [-0.3, -0.25) is 9.80 Å². The van der Waals surface area contributed by atoms with Gasteiger partial charge in [-0.05, 0) is 97.1 Å². The maximum absolute atomic E-state index is 5.29. The van der Waals surface area contributed by atoms with E-state index < -0.39 is 0 Å². The SMILES string of the molecule is c1ccc(N(c2ccc3c(c2)c2ccccc2n3-c2ccccc2)c2cc3sc4nc(N(c5ccccc5)c5ccc6c(c5)c5ccccc5n6-c5ccccc5)ncc4c3nn2)cc1. The molecule has 0 fully saturated rings. The van der Waals surface area contributed by atoms with Crippen molar-refractivity contribution in [3.05, 3.63) is 219 Å². The van der Waals surface area contributed by atoms with Crippen LogP contribution in [0.2, 0.25) is 0 Å². The maximum atomic E-state index is 5.29. The molecule has 0 saturated heterocycles. The molecule has 9 heteroatoms. The van der Waals surface area contributed by atoms with Crippen molar-refractivity contribution in [2.75, 3.05) is 9.80 Å². The van der Waals surface area contributed by atoms with Gasteiger partial charge in [-0.1, -0.05) is 109 Å². The number of aromatic nitrogens is 6. The van der Waals surface area contributed by atoms with E-state index in [1.807, 2.05) is 18.3 Å². The van der Waals surface area contributed by atoms with Crippen LogP contribution >= 0.6 is 11.3 Å². The normalized spacial score (nSPS) is 11.7. The molecule has 0 spiro atoms. The minimum Gasteiger partial charge on any atom is -0.309 e. The van der Waals surface area contributed by atoms with Crippen molar-refractivity contribution >= 4 is 110 Å². The second-order valence-corrected chi connectivity index (χ2v) is 17.1. The summed E-state index contributed by atoms with van der Waals surface area (Å²) in [5.41, 5.74) is 11.5. The number of rotatable bonds is 8. The lowest BCUT2D eigenvalue weighted by Gasteiger charge is -2.24. The highest BCUT2D eigenvalue weighted by molar-refractivity contribution is 7.25. The number of para-hydroxylation sites is 6. The summed E-state index contributed by atoms with van der Waals surface area (Å²) >= 11 is 1.60. The van der Waals surface area contributed by atoms with Crippen molar-refractivity contribution in [3.8, 4) is 11.4 Å². The van der Waals surface area contributed by atoms with Crippen molar-refractivity contribution in [1.29, 1.82) is 0 Å². The average molecular weight is 853 g/mol. The van der Waals surface area contributed by atoms with Crippen LogP contribution in [0.15, 0.2) is 219 Å². The summed E-state index contributed by atoms with van der Waals surface area (Å²) < 4.78 is 5.64. The average Bonchev–Trinajstić information content (AvgIpc) is 4.02. The number of anilines is 6. The molecule has 5 aromatic heterocycles. The molecule has 65 heavy (non-hydrogen) atoms. The van der Waals surface area contributed by atoms with Gasteiger partial charge < -0.3 is 9.13 Å². The van der Waals surface area contributed by atoms with E-state index in [4.69, 9.17) is 20.2 Å². The zero-order chi connectivity index (χ0) is 42.8. The quantitative estimate of drug-likeness (QED) is 0.152. The predicted octanol–water partition coefficient (Wildman–Crippen LogP) is 14.8. The van der Waals surface area contributed by atoms with Gasteiger partial charge in [-0.25, -0.2) is 9.97 Å². The monoisotopic (exact) mass is 852 g/mol. The van der Waals surface area contributed by atoms with Crippen LogP contribution in [0.1, 0.15) is 0 Å². The molecule has 5 heterocycles. The highest BCUT2D eigenvalue weighted by atomic mass is 32.1. The highest BCUT2D eigenvalue weighted by Gasteiger charge is 2.23. The molecule has 0 aliphatic rings. The Labute approximate surface area is 377 Å². The van der Waals surface area contributed by atoms with Crippen LogP contribution in [-0.4, -0.2) is 29.3 Å². The number of hydrogen-bond acceptors (Lipinski definition) is 7. The first kappa shape index (κ1) is 36.9. The van der Waals surface area contributed by atoms with Gasteiger partial charge in [-0.2, -0.15) is 0 Å². The van der Waals surface area contributed by atoms with Crippen molar-refractivity contribution in [3.63, 3.8) is 0 Å². The first-order chi connectivity index (χ1) is 32.2. The summed E-state index contributed by atoms with van der Waals surface area (Å²) in [6, 6.07) is 74.4. The van der Waals surface area contributed by atoms with Gasteiger partial charge in [0.15, 0.2) is 5.82 Å². The summed E-state index contributed by atoms with van der Waals surface area (Å²) in [6.45, 7) is 0. The Morgan fingerprint density at radius 1 is 0.385 bits per heavy atom. The minimum atomic E-state index is 0.573. The molecule has 0 radical (unpaired) electrons. The molecule has 13 aromatic rings. The summed E-state index contributed by atoms with van der Waals surface area (Å²) in [6.07, 6.45) is 1.89. The third kappa shape index (κ3) is 6.05. The molecule has 13 rings (SSSR count). The zero-order valence-electron chi connectivity index (χ0n) is 34.8. The third-order valence-electron chi connectivity index (χ3n) is 12.3. The summed E-state index contributed by atoms with van der Waals surface area (Å²) in [5.74, 6) is 1.28. The number of thiophene rings is 1. The molecule has 0 aliphatic heterocycles. The Balaban J connectivity index is 0.936. The lowest BCUT2D eigenvalue weighted by atomic mass is 10.1. The Hall–Kier alpha value is -8.66. The molecular formula is C56H36N8S. The van der Waals surface area contributed by atoms with Gasteiger partial charge in [0.05, 0.1) is 32.2 Å². The fourth-order valence-electron chi connectivity index (χ4n) is 9.41. The molecule has 0 atom stereocenters. The van der Waals surface area contributed by atoms with Gasteiger partial charge in [0, 0.05) is 67.9 Å². The second kappa shape index (κ2) is 15.0. The maximum Gasteiger partial charge on any atom is 0.235 e. The summed E-state index contributed by atoms with van der Waals surface area (Å²) in [4.78, 5) is 15.5. The lowest BCUT2D eigenvalue weighted by Crippen LogP contribution is -2.13. The third-order valence-corrected chi connectivity index (χ3v) is 13.3.